The minimum atomic E-state index is -0.978. The van der Waals surface area contributed by atoms with E-state index in [-0.39, 0.29) is 5.56 Å². The molecule has 86 valence electrons. The van der Waals surface area contributed by atoms with Gasteiger partial charge in [-0.1, -0.05) is 0 Å². The molecule has 2 rings (SSSR count). The zero-order valence-electron chi connectivity index (χ0n) is 8.83. The molecule has 0 saturated carbocycles. The molecule has 2 aromatic rings. The molecule has 0 fully saturated rings. The van der Waals surface area contributed by atoms with E-state index in [1.807, 2.05) is 0 Å². The summed E-state index contributed by atoms with van der Waals surface area (Å²) in [6, 6.07) is 9.40. The maximum atomic E-state index is 10.7. The number of anilines is 1. The Bertz CT molecular complexity index is 538. The number of aromatic nitrogens is 1. The molecule has 0 unspecified atom stereocenters. The number of pyridine rings is 1. The second-order valence-electron chi connectivity index (χ2n) is 3.33. The number of nitrogens with zero attached hydrogens (tertiary/aromatic N) is 1. The molecule has 0 aliphatic heterocycles. The van der Waals surface area contributed by atoms with Crippen molar-refractivity contribution >= 4 is 11.7 Å². The van der Waals surface area contributed by atoms with E-state index in [1.165, 1.54) is 12.1 Å². The van der Waals surface area contributed by atoms with Crippen molar-refractivity contribution in [3.63, 3.8) is 0 Å². The van der Waals surface area contributed by atoms with Crippen LogP contribution in [0.4, 0.5) is 5.69 Å². The monoisotopic (exact) mass is 230 g/mol. The summed E-state index contributed by atoms with van der Waals surface area (Å²) < 4.78 is 5.41. The zero-order chi connectivity index (χ0) is 12.3. The highest BCUT2D eigenvalue weighted by Gasteiger charge is 2.05. The molecule has 1 aromatic carbocycles. The minimum Gasteiger partial charge on any atom is -0.478 e. The van der Waals surface area contributed by atoms with Crippen LogP contribution < -0.4 is 10.5 Å². The lowest BCUT2D eigenvalue weighted by atomic mass is 10.2. The Kier molecular flexibility index (Phi) is 2.91. The van der Waals surface area contributed by atoms with E-state index in [4.69, 9.17) is 15.6 Å². The van der Waals surface area contributed by atoms with Crippen molar-refractivity contribution in [3.05, 3.63) is 48.2 Å². The first-order valence-electron chi connectivity index (χ1n) is 4.88. The lowest BCUT2D eigenvalue weighted by molar-refractivity contribution is 0.0697. The lowest BCUT2D eigenvalue weighted by Gasteiger charge is -2.06. The summed E-state index contributed by atoms with van der Waals surface area (Å²) in [5.41, 5.74) is 6.29. The number of hydrogen-bond acceptors (Lipinski definition) is 4. The number of hydrogen-bond donors (Lipinski definition) is 2. The summed E-state index contributed by atoms with van der Waals surface area (Å²) in [6.45, 7) is 0. The summed E-state index contributed by atoms with van der Waals surface area (Å²) in [5, 5.41) is 8.74. The summed E-state index contributed by atoms with van der Waals surface area (Å²) >= 11 is 0. The summed E-state index contributed by atoms with van der Waals surface area (Å²) in [6.07, 6.45) is 1.57. The second kappa shape index (κ2) is 4.52. The first-order chi connectivity index (χ1) is 8.16. The molecule has 0 atom stereocenters. The van der Waals surface area contributed by atoms with Gasteiger partial charge in [-0.2, -0.15) is 0 Å². The highest BCUT2D eigenvalue weighted by molar-refractivity contribution is 5.87. The van der Waals surface area contributed by atoms with Crippen molar-refractivity contribution in [1.29, 1.82) is 0 Å². The summed E-state index contributed by atoms with van der Waals surface area (Å²) in [7, 11) is 0. The molecule has 0 bridgehead atoms. The van der Waals surface area contributed by atoms with E-state index in [2.05, 4.69) is 4.98 Å². The Morgan fingerprint density at radius 1 is 1.24 bits per heavy atom. The average Bonchev–Trinajstić information content (AvgIpc) is 2.33. The van der Waals surface area contributed by atoms with Gasteiger partial charge in [-0.3, -0.25) is 0 Å². The molecule has 0 spiro atoms. The van der Waals surface area contributed by atoms with E-state index < -0.39 is 5.97 Å². The van der Waals surface area contributed by atoms with E-state index in [0.717, 1.165) is 0 Å². The number of aromatic carboxylic acids is 1. The molecule has 3 N–H and O–H groups in total. The molecular weight excluding hydrogens is 220 g/mol. The van der Waals surface area contributed by atoms with Crippen LogP contribution in [0.3, 0.4) is 0 Å². The van der Waals surface area contributed by atoms with Crippen LogP contribution in [0.1, 0.15) is 10.4 Å². The van der Waals surface area contributed by atoms with Gasteiger partial charge in [-0.15, -0.1) is 0 Å². The maximum absolute atomic E-state index is 10.7. The van der Waals surface area contributed by atoms with Crippen molar-refractivity contribution in [2.45, 2.75) is 0 Å². The van der Waals surface area contributed by atoms with E-state index >= 15 is 0 Å². The van der Waals surface area contributed by atoms with E-state index in [9.17, 15) is 4.79 Å². The molecule has 5 heteroatoms. The zero-order valence-corrected chi connectivity index (χ0v) is 8.83. The fourth-order valence-electron chi connectivity index (χ4n) is 1.27. The Balaban J connectivity index is 2.20. The van der Waals surface area contributed by atoms with E-state index in [0.29, 0.717) is 17.3 Å². The van der Waals surface area contributed by atoms with Crippen molar-refractivity contribution in [2.24, 2.45) is 0 Å². The SMILES string of the molecule is Nc1cccnc1Oc1ccc(C(=O)O)cc1. The van der Waals surface area contributed by atoms with Crippen LogP contribution in [0.15, 0.2) is 42.6 Å². The number of benzene rings is 1. The van der Waals surface area contributed by atoms with Crippen LogP contribution in [-0.2, 0) is 0 Å². The highest BCUT2D eigenvalue weighted by atomic mass is 16.5. The summed E-state index contributed by atoms with van der Waals surface area (Å²) in [4.78, 5) is 14.6. The molecule has 1 heterocycles. The van der Waals surface area contributed by atoms with Gasteiger partial charge in [0.05, 0.1) is 11.3 Å². The van der Waals surface area contributed by atoms with E-state index in [1.54, 1.807) is 30.5 Å². The molecule has 0 saturated heterocycles. The lowest BCUT2D eigenvalue weighted by Crippen LogP contribution is -1.97. The number of nitrogen functional groups attached to an aromatic ring is 1. The van der Waals surface area contributed by atoms with Gasteiger partial charge in [0.15, 0.2) is 0 Å². The molecule has 0 aliphatic rings. The van der Waals surface area contributed by atoms with Crippen molar-refractivity contribution in [1.82, 2.24) is 4.98 Å². The number of ether oxygens (including phenoxy) is 1. The quantitative estimate of drug-likeness (QED) is 0.843. The molecule has 0 aliphatic carbocycles. The van der Waals surface area contributed by atoms with Gasteiger partial charge in [0.25, 0.3) is 0 Å². The van der Waals surface area contributed by atoms with Gasteiger partial charge < -0.3 is 15.6 Å². The standard InChI is InChI=1S/C12H10N2O3/c13-10-2-1-7-14-11(10)17-9-5-3-8(4-6-9)12(15)16/h1-7H,13H2,(H,15,16). The Morgan fingerprint density at radius 3 is 2.53 bits per heavy atom. The fourth-order valence-corrected chi connectivity index (χ4v) is 1.27. The van der Waals surface area contributed by atoms with Gasteiger partial charge in [0.1, 0.15) is 5.75 Å². The molecule has 5 nitrogen and oxygen atoms in total. The third-order valence-electron chi connectivity index (χ3n) is 2.12. The second-order valence-corrected chi connectivity index (χ2v) is 3.33. The van der Waals surface area contributed by atoms with Gasteiger partial charge in [-0.25, -0.2) is 9.78 Å². The highest BCUT2D eigenvalue weighted by Crippen LogP contribution is 2.24. The van der Waals surface area contributed by atoms with Crippen LogP contribution in [-0.4, -0.2) is 16.1 Å². The first kappa shape index (κ1) is 10.9. The number of carboxylic acid groups (broad SMARTS) is 1. The number of rotatable bonds is 3. The molecular formula is C12H10N2O3. The van der Waals surface area contributed by atoms with Crippen LogP contribution >= 0.6 is 0 Å². The predicted octanol–water partition coefficient (Wildman–Crippen LogP) is 2.15. The largest absolute Gasteiger partial charge is 0.478 e. The average molecular weight is 230 g/mol. The van der Waals surface area contributed by atoms with Gasteiger partial charge in [0, 0.05) is 6.20 Å². The predicted molar refractivity (Wildman–Crippen MR) is 62.1 cm³/mol. The number of carboxylic acids is 1. The van der Waals surface area contributed by atoms with Gasteiger partial charge >= 0.3 is 5.97 Å². The number of nitrogens with two attached hydrogens (primary N) is 1. The van der Waals surface area contributed by atoms with Gasteiger partial charge in [0.2, 0.25) is 5.88 Å². The van der Waals surface area contributed by atoms with Crippen LogP contribution in [0.2, 0.25) is 0 Å². The van der Waals surface area contributed by atoms with Crippen molar-refractivity contribution < 1.29 is 14.6 Å². The van der Waals surface area contributed by atoms with Crippen molar-refractivity contribution in [3.8, 4) is 11.6 Å². The molecule has 0 amide bonds. The molecule has 17 heavy (non-hydrogen) atoms. The van der Waals surface area contributed by atoms with Crippen LogP contribution in [0, 0.1) is 0 Å². The van der Waals surface area contributed by atoms with Crippen LogP contribution in [0.25, 0.3) is 0 Å². The van der Waals surface area contributed by atoms with Crippen LogP contribution in [0.5, 0.6) is 11.6 Å². The number of carbonyl (C=O) groups is 1. The topological polar surface area (TPSA) is 85.4 Å². The fraction of sp³-hybridized carbons (Fsp3) is 0. The minimum absolute atomic E-state index is 0.200. The van der Waals surface area contributed by atoms with Gasteiger partial charge in [-0.05, 0) is 36.4 Å². The Hall–Kier alpha value is -2.56. The Labute approximate surface area is 97.5 Å². The third-order valence-corrected chi connectivity index (χ3v) is 2.12. The molecule has 0 radical (unpaired) electrons. The Morgan fingerprint density at radius 2 is 1.94 bits per heavy atom. The smallest absolute Gasteiger partial charge is 0.335 e. The maximum Gasteiger partial charge on any atom is 0.335 e. The normalized spacial score (nSPS) is 9.88. The summed E-state index contributed by atoms with van der Waals surface area (Å²) in [5.74, 6) is -0.190. The van der Waals surface area contributed by atoms with Crippen molar-refractivity contribution in [2.75, 3.05) is 5.73 Å². The third kappa shape index (κ3) is 2.52. The first-order valence-corrected chi connectivity index (χ1v) is 4.88. The molecule has 1 aromatic heterocycles.